The lowest BCUT2D eigenvalue weighted by Gasteiger charge is -2.40. The minimum atomic E-state index is -1.85. The number of hydrogen-bond acceptors (Lipinski definition) is 5. The van der Waals surface area contributed by atoms with E-state index >= 15 is 0 Å². The predicted molar refractivity (Wildman–Crippen MR) is 131 cm³/mol. The Balaban J connectivity index is 1.96. The van der Waals surface area contributed by atoms with Crippen LogP contribution < -0.4 is 10.1 Å². The van der Waals surface area contributed by atoms with Crippen LogP contribution in [-0.4, -0.2) is 33.1 Å². The summed E-state index contributed by atoms with van der Waals surface area (Å²) in [6.45, 7) is 3.34. The summed E-state index contributed by atoms with van der Waals surface area (Å²) >= 11 is 0. The van der Waals surface area contributed by atoms with Crippen LogP contribution >= 0.6 is 0 Å². The number of carbonyl (C=O) groups excluding carboxylic acids is 1. The molecule has 1 amide bonds. The van der Waals surface area contributed by atoms with Crippen molar-refractivity contribution < 1.29 is 28.2 Å². The molecule has 188 valence electrons. The van der Waals surface area contributed by atoms with E-state index in [1.165, 1.54) is 6.07 Å². The molecular weight excluding hydrogens is 480 g/mol. The van der Waals surface area contributed by atoms with Crippen molar-refractivity contribution in [1.29, 1.82) is 0 Å². The molecule has 1 unspecified atom stereocenters. The second-order valence-electron chi connectivity index (χ2n) is 8.38. The molecule has 1 aromatic heterocycles. The first-order valence-electron chi connectivity index (χ1n) is 11.3. The van der Waals surface area contributed by atoms with Crippen LogP contribution in [-0.2, 0) is 10.3 Å². The SMILES string of the molecule is Cc1cc(OC(C(=O)O)C(NC(=O)c2cc(F)cc(F)c2)(c2ccccc2)c2ccccc2)nc(C)n1. The molecule has 0 aliphatic heterocycles. The first kappa shape index (κ1) is 25.4. The molecule has 2 N–H and O–H groups in total. The van der Waals surface area contributed by atoms with Crippen LogP contribution in [0.25, 0.3) is 0 Å². The summed E-state index contributed by atoms with van der Waals surface area (Å²) < 4.78 is 33.9. The number of aryl methyl sites for hydroxylation is 2. The minimum absolute atomic E-state index is 0.0142. The van der Waals surface area contributed by atoms with Crippen molar-refractivity contribution in [2.24, 2.45) is 0 Å². The maximum absolute atomic E-state index is 14.0. The highest BCUT2D eigenvalue weighted by atomic mass is 19.1. The molecule has 0 bridgehead atoms. The van der Waals surface area contributed by atoms with Gasteiger partial charge in [-0.3, -0.25) is 4.79 Å². The number of carboxylic acids is 1. The van der Waals surface area contributed by atoms with Crippen molar-refractivity contribution in [2.75, 3.05) is 0 Å². The maximum Gasteiger partial charge on any atom is 0.348 e. The van der Waals surface area contributed by atoms with Crippen LogP contribution in [0.4, 0.5) is 8.78 Å². The molecule has 0 aliphatic carbocycles. The van der Waals surface area contributed by atoms with E-state index < -0.39 is 35.2 Å². The lowest BCUT2D eigenvalue weighted by atomic mass is 9.77. The zero-order chi connectivity index (χ0) is 26.6. The van der Waals surface area contributed by atoms with Crippen LogP contribution in [0, 0.1) is 25.5 Å². The molecule has 0 radical (unpaired) electrons. The van der Waals surface area contributed by atoms with E-state index in [0.29, 0.717) is 28.7 Å². The highest BCUT2D eigenvalue weighted by molar-refractivity contribution is 5.96. The van der Waals surface area contributed by atoms with Gasteiger partial charge >= 0.3 is 5.97 Å². The number of hydrogen-bond donors (Lipinski definition) is 2. The number of carbonyl (C=O) groups is 2. The van der Waals surface area contributed by atoms with Crippen LogP contribution in [0.2, 0.25) is 0 Å². The van der Waals surface area contributed by atoms with Crippen molar-refractivity contribution in [2.45, 2.75) is 25.5 Å². The molecule has 0 spiro atoms. The van der Waals surface area contributed by atoms with E-state index in [-0.39, 0.29) is 11.4 Å². The third-order valence-corrected chi connectivity index (χ3v) is 5.69. The van der Waals surface area contributed by atoms with Crippen LogP contribution in [0.1, 0.15) is 33.0 Å². The average molecular weight is 504 g/mol. The van der Waals surface area contributed by atoms with Gasteiger partial charge < -0.3 is 15.2 Å². The number of nitrogens with zero attached hydrogens (tertiary/aromatic N) is 2. The first-order chi connectivity index (χ1) is 17.7. The number of aliphatic carboxylic acids is 1. The molecule has 0 fully saturated rings. The summed E-state index contributed by atoms with van der Waals surface area (Å²) in [5.74, 6) is -3.87. The van der Waals surface area contributed by atoms with Gasteiger partial charge in [0.2, 0.25) is 12.0 Å². The summed E-state index contributed by atoms with van der Waals surface area (Å²) in [7, 11) is 0. The van der Waals surface area contributed by atoms with Gasteiger partial charge in [-0.05, 0) is 37.1 Å². The summed E-state index contributed by atoms with van der Waals surface area (Å²) in [6.07, 6.45) is -1.76. The van der Waals surface area contributed by atoms with Gasteiger partial charge in [0.05, 0.1) is 0 Å². The summed E-state index contributed by atoms with van der Waals surface area (Å²) in [4.78, 5) is 34.7. The predicted octanol–water partition coefficient (Wildman–Crippen LogP) is 4.58. The molecule has 4 rings (SSSR count). The van der Waals surface area contributed by atoms with Crippen molar-refractivity contribution in [1.82, 2.24) is 15.3 Å². The molecule has 1 atom stereocenters. The third kappa shape index (κ3) is 5.45. The Labute approximate surface area is 211 Å². The second-order valence-corrected chi connectivity index (χ2v) is 8.38. The number of benzene rings is 3. The molecule has 3 aromatic carbocycles. The van der Waals surface area contributed by atoms with Crippen LogP contribution in [0.5, 0.6) is 5.88 Å². The quantitative estimate of drug-likeness (QED) is 0.365. The van der Waals surface area contributed by atoms with Crippen LogP contribution in [0.3, 0.4) is 0 Å². The van der Waals surface area contributed by atoms with Crippen LogP contribution in [0.15, 0.2) is 84.9 Å². The summed E-state index contributed by atoms with van der Waals surface area (Å²) in [5.41, 5.74) is -0.897. The number of rotatable bonds is 8. The molecule has 1 heterocycles. The molecule has 0 aliphatic rings. The topological polar surface area (TPSA) is 101 Å². The molecule has 37 heavy (non-hydrogen) atoms. The fraction of sp³-hybridized carbons (Fsp3) is 0.143. The number of carboxylic acid groups (broad SMARTS) is 1. The molecular formula is C28H23F2N3O4. The monoisotopic (exact) mass is 503 g/mol. The fourth-order valence-electron chi connectivity index (χ4n) is 4.21. The summed E-state index contributed by atoms with van der Waals surface area (Å²) in [5, 5.41) is 13.2. The zero-order valence-electron chi connectivity index (χ0n) is 20.0. The third-order valence-electron chi connectivity index (χ3n) is 5.69. The number of halogens is 2. The highest BCUT2D eigenvalue weighted by Gasteiger charge is 2.50. The number of ether oxygens (including phenoxy) is 1. The van der Waals surface area contributed by atoms with Crippen molar-refractivity contribution in [3.05, 3.63) is 125 Å². The van der Waals surface area contributed by atoms with Gasteiger partial charge in [-0.15, -0.1) is 0 Å². The van der Waals surface area contributed by atoms with Gasteiger partial charge in [-0.2, -0.15) is 4.98 Å². The Kier molecular flexibility index (Phi) is 7.24. The Morgan fingerprint density at radius 2 is 1.41 bits per heavy atom. The largest absolute Gasteiger partial charge is 0.478 e. The average Bonchev–Trinajstić information content (AvgIpc) is 2.86. The lowest BCUT2D eigenvalue weighted by molar-refractivity contribution is -0.148. The first-order valence-corrected chi connectivity index (χ1v) is 11.3. The van der Waals surface area contributed by atoms with E-state index in [1.807, 2.05) is 0 Å². The lowest BCUT2D eigenvalue weighted by Crippen LogP contribution is -2.59. The van der Waals surface area contributed by atoms with Gasteiger partial charge in [0.25, 0.3) is 5.91 Å². The van der Waals surface area contributed by atoms with Gasteiger partial charge in [0.1, 0.15) is 23.0 Å². The van der Waals surface area contributed by atoms with Crippen molar-refractivity contribution >= 4 is 11.9 Å². The normalized spacial score (nSPS) is 12.0. The zero-order valence-corrected chi connectivity index (χ0v) is 20.0. The van der Waals surface area contributed by atoms with Gasteiger partial charge in [-0.1, -0.05) is 60.7 Å². The smallest absolute Gasteiger partial charge is 0.348 e. The standard InChI is InChI=1S/C28H23F2N3O4/c1-17-13-24(32-18(2)31-17)37-25(27(35)36)28(20-9-5-3-6-10-20,21-11-7-4-8-12-21)33-26(34)19-14-22(29)16-23(30)15-19/h3-16,25H,1-2H3,(H,33,34)(H,35,36). The van der Waals surface area contributed by atoms with Gasteiger partial charge in [0.15, 0.2) is 0 Å². The van der Waals surface area contributed by atoms with Crippen molar-refractivity contribution in [3.63, 3.8) is 0 Å². The number of aromatic nitrogens is 2. The van der Waals surface area contributed by atoms with Crippen molar-refractivity contribution in [3.8, 4) is 5.88 Å². The molecule has 0 saturated carbocycles. The number of amides is 1. The van der Waals surface area contributed by atoms with E-state index in [9.17, 15) is 23.5 Å². The van der Waals surface area contributed by atoms with E-state index in [1.54, 1.807) is 74.5 Å². The van der Waals surface area contributed by atoms with Gasteiger partial charge in [-0.25, -0.2) is 18.6 Å². The van der Waals surface area contributed by atoms with E-state index in [4.69, 9.17) is 4.74 Å². The molecule has 9 heteroatoms. The molecule has 7 nitrogen and oxygen atoms in total. The number of nitrogens with one attached hydrogen (secondary N) is 1. The fourth-order valence-corrected chi connectivity index (χ4v) is 4.21. The second kappa shape index (κ2) is 10.5. The Hall–Kier alpha value is -4.66. The summed E-state index contributed by atoms with van der Waals surface area (Å²) in [6, 6.07) is 20.6. The Bertz CT molecular complexity index is 1350. The van der Waals surface area contributed by atoms with E-state index in [0.717, 1.165) is 12.1 Å². The highest BCUT2D eigenvalue weighted by Crippen LogP contribution is 2.36. The maximum atomic E-state index is 14.0. The molecule has 4 aromatic rings. The minimum Gasteiger partial charge on any atom is -0.478 e. The Morgan fingerprint density at radius 1 is 0.865 bits per heavy atom. The van der Waals surface area contributed by atoms with E-state index in [2.05, 4.69) is 15.3 Å². The Morgan fingerprint density at radius 3 is 1.89 bits per heavy atom. The molecule has 0 saturated heterocycles. The van der Waals surface area contributed by atoms with Gasteiger partial charge in [0, 0.05) is 23.4 Å².